The van der Waals surface area contributed by atoms with Crippen molar-refractivity contribution in [2.24, 2.45) is 10.2 Å². The Morgan fingerprint density at radius 2 is 1.72 bits per heavy atom. The smallest absolute Gasteiger partial charge is 0.234 e. The number of nitrogens with one attached hydrogen (secondary N) is 1. The van der Waals surface area contributed by atoms with Crippen molar-refractivity contribution in [1.82, 2.24) is 4.98 Å². The number of para-hydroxylation sites is 1. The standard InChI is InChI=1S/C22H19N5OS/c1-15-19(13-23)22(29-14-20(28)25-17-9-5-3-6-10-17)24-16(2)21(15)27-26-18-11-7-4-8-12-18/h3-12H,14H2,1-2H3,(H,25,28). The van der Waals surface area contributed by atoms with Gasteiger partial charge in [0.05, 0.1) is 22.7 Å². The van der Waals surface area contributed by atoms with Crippen molar-refractivity contribution in [1.29, 1.82) is 5.26 Å². The van der Waals surface area contributed by atoms with Crippen molar-refractivity contribution in [2.75, 3.05) is 11.1 Å². The first-order valence-corrected chi connectivity index (χ1v) is 9.93. The van der Waals surface area contributed by atoms with Crippen LogP contribution in [0.15, 0.2) is 75.9 Å². The predicted molar refractivity (Wildman–Crippen MR) is 115 cm³/mol. The minimum Gasteiger partial charge on any atom is -0.325 e. The molecule has 0 atom stereocenters. The molecule has 1 heterocycles. The zero-order valence-electron chi connectivity index (χ0n) is 16.1. The van der Waals surface area contributed by atoms with E-state index in [1.54, 1.807) is 0 Å². The minimum absolute atomic E-state index is 0.153. The van der Waals surface area contributed by atoms with Crippen molar-refractivity contribution >= 4 is 34.7 Å². The van der Waals surface area contributed by atoms with Gasteiger partial charge in [-0.3, -0.25) is 4.79 Å². The summed E-state index contributed by atoms with van der Waals surface area (Å²) in [5.74, 6) is -0.00426. The quantitative estimate of drug-likeness (QED) is 0.423. The molecule has 0 bridgehead atoms. The number of aryl methyl sites for hydroxylation is 1. The van der Waals surface area contributed by atoms with Crippen molar-refractivity contribution in [3.63, 3.8) is 0 Å². The van der Waals surface area contributed by atoms with E-state index >= 15 is 0 Å². The third-order valence-electron chi connectivity index (χ3n) is 4.09. The van der Waals surface area contributed by atoms with Crippen LogP contribution in [0.4, 0.5) is 17.1 Å². The molecule has 0 aliphatic carbocycles. The molecule has 0 aliphatic rings. The molecule has 144 valence electrons. The molecule has 3 aromatic rings. The van der Waals surface area contributed by atoms with Crippen LogP contribution in [0.25, 0.3) is 0 Å². The normalized spacial score (nSPS) is 10.7. The van der Waals surface area contributed by atoms with Gasteiger partial charge in [-0.15, -0.1) is 5.11 Å². The monoisotopic (exact) mass is 401 g/mol. The molecule has 1 N–H and O–H groups in total. The van der Waals surface area contributed by atoms with Crippen molar-refractivity contribution in [3.05, 3.63) is 77.5 Å². The molecule has 0 saturated heterocycles. The van der Waals surface area contributed by atoms with Gasteiger partial charge in [-0.25, -0.2) is 4.98 Å². The first-order valence-electron chi connectivity index (χ1n) is 8.94. The van der Waals surface area contributed by atoms with Gasteiger partial charge in [0.15, 0.2) is 0 Å². The Bertz CT molecular complexity index is 1080. The van der Waals surface area contributed by atoms with Crippen LogP contribution >= 0.6 is 11.8 Å². The van der Waals surface area contributed by atoms with Gasteiger partial charge in [0.25, 0.3) is 0 Å². The fourth-order valence-corrected chi connectivity index (χ4v) is 3.53. The van der Waals surface area contributed by atoms with E-state index < -0.39 is 0 Å². The number of carbonyl (C=O) groups is 1. The van der Waals surface area contributed by atoms with Gasteiger partial charge < -0.3 is 5.32 Å². The van der Waals surface area contributed by atoms with Gasteiger partial charge in [-0.05, 0) is 43.7 Å². The average Bonchev–Trinajstić information content (AvgIpc) is 2.73. The number of nitrogens with zero attached hydrogens (tertiary/aromatic N) is 4. The average molecular weight is 401 g/mol. The summed E-state index contributed by atoms with van der Waals surface area (Å²) in [6.45, 7) is 3.64. The second kappa shape index (κ2) is 9.62. The summed E-state index contributed by atoms with van der Waals surface area (Å²) in [5.41, 5.74) is 3.80. The molecule has 0 unspecified atom stereocenters. The van der Waals surface area contributed by atoms with Crippen LogP contribution in [0, 0.1) is 25.2 Å². The molecule has 1 amide bonds. The lowest BCUT2D eigenvalue weighted by Gasteiger charge is -2.10. The van der Waals surface area contributed by atoms with Gasteiger partial charge in [0.2, 0.25) is 5.91 Å². The van der Waals surface area contributed by atoms with Crippen LogP contribution in [0.5, 0.6) is 0 Å². The maximum Gasteiger partial charge on any atom is 0.234 e. The Balaban J connectivity index is 1.77. The lowest BCUT2D eigenvalue weighted by molar-refractivity contribution is -0.113. The number of hydrogen-bond acceptors (Lipinski definition) is 6. The Morgan fingerprint density at radius 3 is 2.38 bits per heavy atom. The molecule has 0 radical (unpaired) electrons. The van der Waals surface area contributed by atoms with Gasteiger partial charge in [0.1, 0.15) is 16.8 Å². The van der Waals surface area contributed by atoms with Crippen molar-refractivity contribution in [2.45, 2.75) is 18.9 Å². The molecule has 0 fully saturated rings. The Morgan fingerprint density at radius 1 is 1.07 bits per heavy atom. The van der Waals surface area contributed by atoms with Crippen molar-refractivity contribution in [3.8, 4) is 6.07 Å². The zero-order valence-corrected chi connectivity index (χ0v) is 16.9. The van der Waals surface area contributed by atoms with Gasteiger partial charge in [-0.2, -0.15) is 10.4 Å². The van der Waals surface area contributed by atoms with E-state index in [0.717, 1.165) is 11.4 Å². The number of azo groups is 1. The number of carbonyl (C=O) groups excluding carboxylic acids is 1. The molecule has 6 nitrogen and oxygen atoms in total. The molecule has 29 heavy (non-hydrogen) atoms. The van der Waals surface area contributed by atoms with Gasteiger partial charge in [-0.1, -0.05) is 48.2 Å². The van der Waals surface area contributed by atoms with Crippen LogP contribution in [-0.2, 0) is 4.79 Å². The molecule has 0 saturated carbocycles. The zero-order chi connectivity index (χ0) is 20.6. The maximum atomic E-state index is 12.2. The lowest BCUT2D eigenvalue weighted by Crippen LogP contribution is -2.14. The number of anilines is 1. The Labute approximate surface area is 173 Å². The summed E-state index contributed by atoms with van der Waals surface area (Å²) in [4.78, 5) is 16.7. The number of pyridine rings is 1. The highest BCUT2D eigenvalue weighted by Crippen LogP contribution is 2.32. The van der Waals surface area contributed by atoms with Crippen LogP contribution in [0.1, 0.15) is 16.8 Å². The molecule has 1 aromatic heterocycles. The Hall–Kier alpha value is -3.50. The number of amides is 1. The minimum atomic E-state index is -0.157. The van der Waals surface area contributed by atoms with E-state index in [9.17, 15) is 10.1 Å². The van der Waals surface area contributed by atoms with E-state index in [1.165, 1.54) is 11.8 Å². The van der Waals surface area contributed by atoms with Crippen LogP contribution in [0.2, 0.25) is 0 Å². The Kier molecular flexibility index (Phi) is 6.72. The van der Waals surface area contributed by atoms with Crippen LogP contribution < -0.4 is 5.32 Å². The van der Waals surface area contributed by atoms with Gasteiger partial charge >= 0.3 is 0 Å². The fraction of sp³-hybridized carbons (Fsp3) is 0.136. The number of aromatic nitrogens is 1. The second-order valence-corrected chi connectivity index (χ2v) is 7.17. The SMILES string of the molecule is Cc1nc(SCC(=O)Nc2ccccc2)c(C#N)c(C)c1N=Nc1ccccc1. The van der Waals surface area contributed by atoms with Crippen LogP contribution in [0.3, 0.4) is 0 Å². The molecule has 0 spiro atoms. The highest BCUT2D eigenvalue weighted by molar-refractivity contribution is 8.00. The lowest BCUT2D eigenvalue weighted by atomic mass is 10.1. The van der Waals surface area contributed by atoms with E-state index in [0.29, 0.717) is 27.5 Å². The summed E-state index contributed by atoms with van der Waals surface area (Å²) in [6.07, 6.45) is 0. The van der Waals surface area contributed by atoms with Crippen LogP contribution in [-0.4, -0.2) is 16.6 Å². The molecule has 2 aromatic carbocycles. The second-order valence-electron chi connectivity index (χ2n) is 6.20. The summed E-state index contributed by atoms with van der Waals surface area (Å²) in [5, 5.41) is 21.5. The number of nitriles is 1. The summed E-state index contributed by atoms with van der Waals surface area (Å²) in [7, 11) is 0. The number of benzene rings is 2. The van der Waals surface area contributed by atoms with E-state index in [1.807, 2.05) is 74.5 Å². The molecule has 3 rings (SSSR count). The van der Waals surface area contributed by atoms with Crippen molar-refractivity contribution < 1.29 is 4.79 Å². The largest absolute Gasteiger partial charge is 0.325 e. The highest BCUT2D eigenvalue weighted by atomic mass is 32.2. The topological polar surface area (TPSA) is 90.5 Å². The highest BCUT2D eigenvalue weighted by Gasteiger charge is 2.16. The first-order chi connectivity index (χ1) is 14.1. The number of thioether (sulfide) groups is 1. The summed E-state index contributed by atoms with van der Waals surface area (Å²) >= 11 is 1.23. The molecular weight excluding hydrogens is 382 g/mol. The summed E-state index contributed by atoms with van der Waals surface area (Å²) < 4.78 is 0. The van der Waals surface area contributed by atoms with Gasteiger partial charge in [0, 0.05) is 5.69 Å². The van der Waals surface area contributed by atoms with E-state index in [4.69, 9.17) is 0 Å². The predicted octanol–water partition coefficient (Wildman–Crippen LogP) is 5.72. The molecule has 7 heteroatoms. The molecule has 0 aliphatic heterocycles. The third-order valence-corrected chi connectivity index (χ3v) is 5.06. The number of rotatable bonds is 6. The van der Waals surface area contributed by atoms with E-state index in [2.05, 4.69) is 26.6 Å². The molecular formula is C22H19N5OS. The van der Waals surface area contributed by atoms with E-state index in [-0.39, 0.29) is 11.7 Å². The first kappa shape index (κ1) is 20.2. The maximum absolute atomic E-state index is 12.2. The number of hydrogen-bond donors (Lipinski definition) is 1. The summed E-state index contributed by atoms with van der Waals surface area (Å²) in [6, 6.07) is 20.8. The third kappa shape index (κ3) is 5.27. The fourth-order valence-electron chi connectivity index (χ4n) is 2.65.